The van der Waals surface area contributed by atoms with Crippen LogP contribution >= 0.6 is 0 Å². The number of imidazole rings is 1. The van der Waals surface area contributed by atoms with E-state index in [1.165, 1.54) is 6.20 Å². The number of methoxy groups -OCH3 is 1. The van der Waals surface area contributed by atoms with Crippen LogP contribution in [0.4, 0.5) is 4.39 Å². The van der Waals surface area contributed by atoms with E-state index < -0.39 is 6.08 Å². The minimum atomic E-state index is -0.573. The molecule has 14 heavy (non-hydrogen) atoms. The predicted molar refractivity (Wildman–Crippen MR) is 50.5 cm³/mol. The summed E-state index contributed by atoms with van der Waals surface area (Å²) in [6.45, 7) is 0. The number of hydrogen-bond donors (Lipinski definition) is 1. The lowest BCUT2D eigenvalue weighted by molar-refractivity contribution is 0.415. The molecule has 1 aromatic heterocycles. The Morgan fingerprint density at radius 1 is 1.29 bits per heavy atom. The topological polar surface area (TPSA) is 37.9 Å². The highest BCUT2D eigenvalue weighted by atomic mass is 19.1. The van der Waals surface area contributed by atoms with Crippen molar-refractivity contribution in [2.24, 2.45) is 0 Å². The number of nitrogens with zero attached hydrogens (tertiary/aromatic N) is 1. The highest BCUT2D eigenvalue weighted by molar-refractivity contribution is 5.59. The normalized spacial score (nSPS) is 10.1. The quantitative estimate of drug-likeness (QED) is 0.792. The molecular weight excluding hydrogens is 183 g/mol. The van der Waals surface area contributed by atoms with E-state index in [-0.39, 0.29) is 0 Å². The van der Waals surface area contributed by atoms with E-state index in [0.717, 1.165) is 11.3 Å². The summed E-state index contributed by atoms with van der Waals surface area (Å²) in [6, 6.07) is 7.27. The standard InChI is InChI=1S/C10H9FN2O/c1-14-8-4-2-7(3-5-8)9-6-12-10(11)13-9/h2-6H,1H3,(H,12,13). The van der Waals surface area contributed by atoms with Crippen LogP contribution in [0.15, 0.2) is 30.5 Å². The van der Waals surface area contributed by atoms with Crippen molar-refractivity contribution in [1.29, 1.82) is 0 Å². The van der Waals surface area contributed by atoms with Gasteiger partial charge in [0.1, 0.15) is 5.75 Å². The zero-order chi connectivity index (χ0) is 9.97. The Hall–Kier alpha value is -1.84. The number of benzene rings is 1. The Labute approximate surface area is 80.6 Å². The van der Waals surface area contributed by atoms with Crippen molar-refractivity contribution in [3.05, 3.63) is 36.5 Å². The maximum Gasteiger partial charge on any atom is 0.287 e. The molecule has 1 aromatic carbocycles. The molecule has 4 heteroatoms. The van der Waals surface area contributed by atoms with Gasteiger partial charge in [0.2, 0.25) is 0 Å². The third-order valence-corrected chi connectivity index (χ3v) is 1.93. The van der Waals surface area contributed by atoms with Gasteiger partial charge < -0.3 is 9.72 Å². The van der Waals surface area contributed by atoms with Crippen LogP contribution in [0, 0.1) is 6.08 Å². The first-order valence-corrected chi connectivity index (χ1v) is 4.15. The van der Waals surface area contributed by atoms with Gasteiger partial charge in [-0.15, -0.1) is 0 Å². The Kier molecular flexibility index (Phi) is 2.18. The molecule has 0 radical (unpaired) electrons. The number of H-pyrrole nitrogens is 1. The Morgan fingerprint density at radius 3 is 2.50 bits per heavy atom. The van der Waals surface area contributed by atoms with Gasteiger partial charge in [0, 0.05) is 11.8 Å². The fourth-order valence-corrected chi connectivity index (χ4v) is 1.21. The molecule has 0 spiro atoms. The van der Waals surface area contributed by atoms with E-state index in [1.54, 1.807) is 7.11 Å². The summed E-state index contributed by atoms with van der Waals surface area (Å²) in [6.07, 6.45) is 0.952. The second-order valence-electron chi connectivity index (χ2n) is 2.81. The summed E-state index contributed by atoms with van der Waals surface area (Å²) in [7, 11) is 1.60. The molecule has 1 heterocycles. The third kappa shape index (κ3) is 1.59. The lowest BCUT2D eigenvalue weighted by Gasteiger charge is -1.99. The van der Waals surface area contributed by atoms with Gasteiger partial charge in [0.25, 0.3) is 6.08 Å². The van der Waals surface area contributed by atoms with Crippen molar-refractivity contribution in [1.82, 2.24) is 9.97 Å². The van der Waals surface area contributed by atoms with Crippen LogP contribution in [-0.4, -0.2) is 17.1 Å². The number of halogens is 1. The van der Waals surface area contributed by atoms with Crippen molar-refractivity contribution in [2.75, 3.05) is 7.11 Å². The molecule has 1 N–H and O–H groups in total. The molecule has 3 nitrogen and oxygen atoms in total. The van der Waals surface area contributed by atoms with Crippen molar-refractivity contribution in [3.63, 3.8) is 0 Å². The minimum absolute atomic E-state index is 0.573. The average molecular weight is 192 g/mol. The molecular formula is C10H9FN2O. The van der Waals surface area contributed by atoms with Crippen LogP contribution < -0.4 is 4.74 Å². The molecule has 0 saturated heterocycles. The number of nitrogens with one attached hydrogen (secondary N) is 1. The molecule has 0 atom stereocenters. The molecule has 72 valence electrons. The van der Waals surface area contributed by atoms with E-state index in [0.29, 0.717) is 5.69 Å². The van der Waals surface area contributed by atoms with E-state index >= 15 is 0 Å². The monoisotopic (exact) mass is 192 g/mol. The van der Waals surface area contributed by atoms with Gasteiger partial charge in [0.05, 0.1) is 12.8 Å². The van der Waals surface area contributed by atoms with Crippen molar-refractivity contribution >= 4 is 0 Å². The maximum atomic E-state index is 12.6. The van der Waals surface area contributed by atoms with Gasteiger partial charge in [-0.2, -0.15) is 4.39 Å². The fourth-order valence-electron chi connectivity index (χ4n) is 1.21. The summed E-state index contributed by atoms with van der Waals surface area (Å²) < 4.78 is 17.6. The summed E-state index contributed by atoms with van der Waals surface area (Å²) in [5, 5.41) is 0. The molecule has 0 aliphatic heterocycles. The third-order valence-electron chi connectivity index (χ3n) is 1.93. The average Bonchev–Trinajstić information content (AvgIpc) is 2.65. The molecule has 2 aromatic rings. The van der Waals surface area contributed by atoms with Crippen LogP contribution in [0.3, 0.4) is 0 Å². The molecule has 0 bridgehead atoms. The summed E-state index contributed by atoms with van der Waals surface area (Å²) in [4.78, 5) is 6.06. The minimum Gasteiger partial charge on any atom is -0.497 e. The van der Waals surface area contributed by atoms with Gasteiger partial charge in [0.15, 0.2) is 0 Å². The van der Waals surface area contributed by atoms with E-state index in [2.05, 4.69) is 9.97 Å². The number of hydrogen-bond acceptors (Lipinski definition) is 2. The molecule has 0 saturated carbocycles. The molecule has 0 amide bonds. The molecule has 0 fully saturated rings. The van der Waals surface area contributed by atoms with Gasteiger partial charge in [-0.1, -0.05) is 0 Å². The summed E-state index contributed by atoms with van der Waals surface area (Å²) in [5.41, 5.74) is 1.44. The lowest BCUT2D eigenvalue weighted by atomic mass is 10.2. The Balaban J connectivity index is 2.33. The fraction of sp³-hybridized carbons (Fsp3) is 0.100. The number of aromatic amines is 1. The smallest absolute Gasteiger partial charge is 0.287 e. The van der Waals surface area contributed by atoms with Crippen LogP contribution in [-0.2, 0) is 0 Å². The largest absolute Gasteiger partial charge is 0.497 e. The van der Waals surface area contributed by atoms with E-state index in [9.17, 15) is 4.39 Å². The van der Waals surface area contributed by atoms with E-state index in [1.807, 2.05) is 24.3 Å². The first kappa shape index (κ1) is 8.74. The highest BCUT2D eigenvalue weighted by Gasteiger charge is 2.02. The Bertz CT molecular complexity index is 422. The zero-order valence-electron chi connectivity index (χ0n) is 7.62. The number of aromatic nitrogens is 2. The second-order valence-corrected chi connectivity index (χ2v) is 2.81. The van der Waals surface area contributed by atoms with Crippen LogP contribution in [0.25, 0.3) is 11.3 Å². The van der Waals surface area contributed by atoms with Crippen molar-refractivity contribution in [3.8, 4) is 17.0 Å². The second kappa shape index (κ2) is 3.49. The van der Waals surface area contributed by atoms with Gasteiger partial charge >= 0.3 is 0 Å². The number of rotatable bonds is 2. The maximum absolute atomic E-state index is 12.6. The van der Waals surface area contributed by atoms with Crippen molar-refractivity contribution in [2.45, 2.75) is 0 Å². The van der Waals surface area contributed by atoms with Crippen LogP contribution in [0.5, 0.6) is 5.75 Å². The van der Waals surface area contributed by atoms with Gasteiger partial charge in [-0.25, -0.2) is 4.98 Å². The Morgan fingerprint density at radius 2 is 2.00 bits per heavy atom. The van der Waals surface area contributed by atoms with E-state index in [4.69, 9.17) is 4.74 Å². The number of ether oxygens (including phenoxy) is 1. The first-order valence-electron chi connectivity index (χ1n) is 4.15. The molecule has 2 rings (SSSR count). The van der Waals surface area contributed by atoms with Gasteiger partial charge in [-0.3, -0.25) is 0 Å². The van der Waals surface area contributed by atoms with Crippen LogP contribution in [0.1, 0.15) is 0 Å². The summed E-state index contributed by atoms with van der Waals surface area (Å²) in [5.74, 6) is 0.768. The SMILES string of the molecule is COc1ccc(-c2c[nH]c(F)n2)cc1. The lowest BCUT2D eigenvalue weighted by Crippen LogP contribution is -1.82. The van der Waals surface area contributed by atoms with Crippen LogP contribution in [0.2, 0.25) is 0 Å². The molecule has 0 aliphatic rings. The van der Waals surface area contributed by atoms with Gasteiger partial charge in [-0.05, 0) is 24.3 Å². The first-order chi connectivity index (χ1) is 6.79. The highest BCUT2D eigenvalue weighted by Crippen LogP contribution is 2.20. The van der Waals surface area contributed by atoms with Crippen molar-refractivity contribution < 1.29 is 9.13 Å². The predicted octanol–water partition coefficient (Wildman–Crippen LogP) is 2.22. The summed E-state index contributed by atoms with van der Waals surface area (Å²) >= 11 is 0. The molecule has 0 aliphatic carbocycles. The zero-order valence-corrected chi connectivity index (χ0v) is 7.62. The molecule has 0 unspecified atom stereocenters.